The molecule has 1 atom stereocenters. The highest BCUT2D eigenvalue weighted by Gasteiger charge is 2.13. The van der Waals surface area contributed by atoms with Gasteiger partial charge in [-0.3, -0.25) is 4.79 Å². The van der Waals surface area contributed by atoms with Crippen LogP contribution in [0.25, 0.3) is 11.0 Å². The van der Waals surface area contributed by atoms with Crippen LogP contribution in [0.5, 0.6) is 0 Å². The predicted molar refractivity (Wildman–Crippen MR) is 79.3 cm³/mol. The fourth-order valence-corrected chi connectivity index (χ4v) is 2.62. The Bertz CT molecular complexity index is 596. The quantitative estimate of drug-likeness (QED) is 0.820. The Labute approximate surface area is 118 Å². The van der Waals surface area contributed by atoms with Gasteiger partial charge in [-0.25, -0.2) is 4.98 Å². The topological polar surface area (TPSA) is 57.8 Å². The second-order valence-electron chi connectivity index (χ2n) is 5.27. The van der Waals surface area contributed by atoms with Crippen LogP contribution >= 0.6 is 0 Å². The van der Waals surface area contributed by atoms with E-state index in [2.05, 4.69) is 27.4 Å². The van der Waals surface area contributed by atoms with Gasteiger partial charge in [0.2, 0.25) is 5.91 Å². The first-order valence-electron chi connectivity index (χ1n) is 7.18. The van der Waals surface area contributed by atoms with E-state index in [9.17, 15) is 4.79 Å². The van der Waals surface area contributed by atoms with Gasteiger partial charge in [-0.1, -0.05) is 24.3 Å². The van der Waals surface area contributed by atoms with E-state index in [1.807, 2.05) is 24.3 Å². The molecule has 1 amide bonds. The maximum absolute atomic E-state index is 11.8. The van der Waals surface area contributed by atoms with Gasteiger partial charge in [-0.2, -0.15) is 0 Å². The molecule has 0 aliphatic heterocycles. The van der Waals surface area contributed by atoms with E-state index in [1.54, 1.807) is 0 Å². The highest BCUT2D eigenvalue weighted by Crippen LogP contribution is 2.19. The van der Waals surface area contributed by atoms with E-state index in [0.29, 0.717) is 18.9 Å². The number of H-pyrrole nitrogens is 1. The van der Waals surface area contributed by atoms with Gasteiger partial charge in [0.05, 0.1) is 11.0 Å². The average molecular weight is 269 g/mol. The average Bonchev–Trinajstić information content (AvgIpc) is 3.07. The highest BCUT2D eigenvalue weighted by molar-refractivity contribution is 5.76. The zero-order valence-electron chi connectivity index (χ0n) is 11.4. The fourth-order valence-electron chi connectivity index (χ4n) is 2.62. The van der Waals surface area contributed by atoms with Crippen molar-refractivity contribution in [3.05, 3.63) is 42.2 Å². The third kappa shape index (κ3) is 3.07. The van der Waals surface area contributed by atoms with Crippen LogP contribution in [0.15, 0.2) is 36.4 Å². The van der Waals surface area contributed by atoms with E-state index < -0.39 is 0 Å². The number of nitrogens with one attached hydrogen (secondary N) is 2. The first-order valence-corrected chi connectivity index (χ1v) is 7.18. The lowest BCUT2D eigenvalue weighted by atomic mass is 10.1. The molecule has 1 aromatic heterocycles. The van der Waals surface area contributed by atoms with Crippen LogP contribution in [-0.2, 0) is 11.2 Å². The number of imidazole rings is 1. The van der Waals surface area contributed by atoms with Crippen molar-refractivity contribution in [1.29, 1.82) is 0 Å². The minimum atomic E-state index is 0.137. The van der Waals surface area contributed by atoms with Crippen LogP contribution in [0.3, 0.4) is 0 Å². The van der Waals surface area contributed by atoms with E-state index >= 15 is 0 Å². The Morgan fingerprint density at radius 2 is 2.30 bits per heavy atom. The van der Waals surface area contributed by atoms with Gasteiger partial charge in [0.15, 0.2) is 0 Å². The Balaban J connectivity index is 1.47. The summed E-state index contributed by atoms with van der Waals surface area (Å²) < 4.78 is 0. The number of allylic oxidation sites excluding steroid dienone is 2. The van der Waals surface area contributed by atoms with Crippen LogP contribution in [0.2, 0.25) is 0 Å². The number of aromatic nitrogens is 2. The number of hydrogen-bond acceptors (Lipinski definition) is 2. The van der Waals surface area contributed by atoms with Crippen molar-refractivity contribution in [1.82, 2.24) is 15.3 Å². The molecule has 104 valence electrons. The third-order valence-corrected chi connectivity index (χ3v) is 3.68. The summed E-state index contributed by atoms with van der Waals surface area (Å²) in [5, 5.41) is 2.97. The summed E-state index contributed by atoms with van der Waals surface area (Å²) in [6.45, 7) is 0.634. The summed E-state index contributed by atoms with van der Waals surface area (Å²) in [5.41, 5.74) is 2.02. The van der Waals surface area contributed by atoms with Crippen LogP contribution < -0.4 is 5.32 Å². The summed E-state index contributed by atoms with van der Waals surface area (Å²) >= 11 is 0. The van der Waals surface area contributed by atoms with Crippen molar-refractivity contribution in [3.63, 3.8) is 0 Å². The van der Waals surface area contributed by atoms with Crippen molar-refractivity contribution >= 4 is 16.9 Å². The summed E-state index contributed by atoms with van der Waals surface area (Å²) in [5.74, 6) is 1.49. The second-order valence-corrected chi connectivity index (χ2v) is 5.27. The van der Waals surface area contributed by atoms with Crippen molar-refractivity contribution in [3.8, 4) is 0 Å². The summed E-state index contributed by atoms with van der Waals surface area (Å²) in [6, 6.07) is 7.96. The number of carbonyl (C=O) groups is 1. The van der Waals surface area contributed by atoms with E-state index in [4.69, 9.17) is 0 Å². The molecule has 0 spiro atoms. The highest BCUT2D eigenvalue weighted by atomic mass is 16.1. The molecule has 20 heavy (non-hydrogen) atoms. The molecular formula is C16H19N3O. The van der Waals surface area contributed by atoms with Crippen LogP contribution in [0.4, 0.5) is 0 Å². The summed E-state index contributed by atoms with van der Waals surface area (Å²) in [7, 11) is 0. The molecule has 0 saturated heterocycles. The molecule has 0 fully saturated rings. The lowest BCUT2D eigenvalue weighted by Crippen LogP contribution is -2.27. The first-order chi connectivity index (χ1) is 9.81. The molecule has 4 heteroatoms. The number of amides is 1. The number of aromatic amines is 1. The molecule has 1 aliphatic rings. The summed E-state index contributed by atoms with van der Waals surface area (Å²) in [4.78, 5) is 19.5. The van der Waals surface area contributed by atoms with Gasteiger partial charge in [0, 0.05) is 19.4 Å². The Hall–Kier alpha value is -2.10. The van der Waals surface area contributed by atoms with Gasteiger partial charge in [-0.05, 0) is 30.9 Å². The van der Waals surface area contributed by atoms with Crippen molar-refractivity contribution < 1.29 is 4.79 Å². The van der Waals surface area contributed by atoms with Crippen molar-refractivity contribution in [2.75, 3.05) is 6.54 Å². The fraction of sp³-hybridized carbons (Fsp3) is 0.375. The van der Waals surface area contributed by atoms with Gasteiger partial charge in [0.25, 0.3) is 0 Å². The van der Waals surface area contributed by atoms with E-state index in [0.717, 1.165) is 36.1 Å². The molecule has 2 N–H and O–H groups in total. The molecular weight excluding hydrogens is 250 g/mol. The largest absolute Gasteiger partial charge is 0.356 e. The molecule has 0 radical (unpaired) electrons. The van der Waals surface area contributed by atoms with E-state index in [-0.39, 0.29) is 5.91 Å². The van der Waals surface area contributed by atoms with Gasteiger partial charge in [-0.15, -0.1) is 0 Å². The maximum atomic E-state index is 11.8. The zero-order valence-corrected chi connectivity index (χ0v) is 11.4. The molecule has 2 aromatic rings. The summed E-state index contributed by atoms with van der Waals surface area (Å²) in [6.07, 6.45) is 7.87. The minimum Gasteiger partial charge on any atom is -0.356 e. The molecule has 0 bridgehead atoms. The molecule has 0 unspecified atom stereocenters. The Morgan fingerprint density at radius 1 is 1.40 bits per heavy atom. The van der Waals surface area contributed by atoms with Crippen molar-refractivity contribution in [2.45, 2.75) is 25.7 Å². The van der Waals surface area contributed by atoms with E-state index in [1.165, 1.54) is 0 Å². The first kappa shape index (κ1) is 12.9. The maximum Gasteiger partial charge on any atom is 0.220 e. The smallest absolute Gasteiger partial charge is 0.220 e. The standard InChI is InChI=1S/C16H19N3O/c20-16(11-12-5-1-2-6-12)17-10-9-15-18-13-7-3-4-8-14(13)19-15/h1,3-5,7-8,12H,2,6,9-11H2,(H,17,20)(H,18,19)/t12-/m1/s1. The zero-order chi connectivity index (χ0) is 13.8. The SMILES string of the molecule is O=C(C[C@@H]1C=CCC1)NCCc1nc2ccccc2[nH]1. The minimum absolute atomic E-state index is 0.137. The van der Waals surface area contributed by atoms with Crippen LogP contribution in [0, 0.1) is 5.92 Å². The number of carbonyl (C=O) groups excluding carboxylic acids is 1. The Kier molecular flexibility index (Phi) is 3.81. The molecule has 0 saturated carbocycles. The molecule has 4 nitrogen and oxygen atoms in total. The van der Waals surface area contributed by atoms with Gasteiger partial charge < -0.3 is 10.3 Å². The van der Waals surface area contributed by atoms with Gasteiger partial charge in [0.1, 0.15) is 5.82 Å². The number of benzene rings is 1. The van der Waals surface area contributed by atoms with Crippen LogP contribution in [-0.4, -0.2) is 22.4 Å². The predicted octanol–water partition coefficient (Wildman–Crippen LogP) is 2.58. The molecule has 1 heterocycles. The lowest BCUT2D eigenvalue weighted by molar-refractivity contribution is -0.121. The van der Waals surface area contributed by atoms with Gasteiger partial charge >= 0.3 is 0 Å². The Morgan fingerprint density at radius 3 is 3.10 bits per heavy atom. The lowest BCUT2D eigenvalue weighted by Gasteiger charge is -2.07. The number of nitrogens with zero attached hydrogens (tertiary/aromatic N) is 1. The molecule has 1 aromatic carbocycles. The third-order valence-electron chi connectivity index (χ3n) is 3.68. The monoisotopic (exact) mass is 269 g/mol. The van der Waals surface area contributed by atoms with Crippen molar-refractivity contribution in [2.24, 2.45) is 5.92 Å². The van der Waals surface area contributed by atoms with Crippen LogP contribution in [0.1, 0.15) is 25.1 Å². The number of rotatable bonds is 5. The number of hydrogen-bond donors (Lipinski definition) is 2. The normalized spacial score (nSPS) is 17.7. The number of para-hydroxylation sites is 2. The molecule has 1 aliphatic carbocycles. The molecule has 3 rings (SSSR count). The second kappa shape index (κ2) is 5.90. The number of fused-ring (bicyclic) bond motifs is 1.